The normalized spacial score (nSPS) is 15.1. The molecule has 2 bridgehead atoms. The van der Waals surface area contributed by atoms with Gasteiger partial charge in [0.2, 0.25) is 5.91 Å². The molecule has 1 atom stereocenters. The van der Waals surface area contributed by atoms with Crippen LogP contribution in [0.1, 0.15) is 30.3 Å². The van der Waals surface area contributed by atoms with Gasteiger partial charge in [-0.2, -0.15) is 4.68 Å². The van der Waals surface area contributed by atoms with Gasteiger partial charge in [0.15, 0.2) is 0 Å². The maximum absolute atomic E-state index is 13.0. The number of hydrogen-bond donors (Lipinski definition) is 4. The fourth-order valence-corrected chi connectivity index (χ4v) is 4.35. The maximum Gasteiger partial charge on any atom is 0.411 e. The molecule has 1 aliphatic heterocycles. The second-order valence-corrected chi connectivity index (χ2v) is 9.24. The van der Waals surface area contributed by atoms with E-state index in [4.69, 9.17) is 16.3 Å². The van der Waals surface area contributed by atoms with Crippen LogP contribution in [0, 0.1) is 0 Å². The van der Waals surface area contributed by atoms with E-state index in [0.29, 0.717) is 57.6 Å². The van der Waals surface area contributed by atoms with Gasteiger partial charge in [-0.3, -0.25) is 15.4 Å². The summed E-state index contributed by atoms with van der Waals surface area (Å²) in [5.41, 5.74) is 3.13. The Morgan fingerprint density at radius 1 is 1.24 bits per heavy atom. The number of H-pyrrole nitrogens is 1. The van der Waals surface area contributed by atoms with Crippen molar-refractivity contribution in [2.24, 2.45) is 0 Å². The van der Waals surface area contributed by atoms with Crippen molar-refractivity contribution in [1.29, 1.82) is 0 Å². The van der Waals surface area contributed by atoms with Crippen molar-refractivity contribution in [3.8, 4) is 16.9 Å². The number of fused-ring (bicyclic) bond motifs is 4. The summed E-state index contributed by atoms with van der Waals surface area (Å²) in [7, 11) is 1.25. The van der Waals surface area contributed by atoms with Gasteiger partial charge in [0.1, 0.15) is 12.2 Å². The van der Waals surface area contributed by atoms with Crippen molar-refractivity contribution in [3.63, 3.8) is 0 Å². The van der Waals surface area contributed by atoms with Crippen LogP contribution in [0.3, 0.4) is 0 Å². The number of anilines is 2. The van der Waals surface area contributed by atoms with Gasteiger partial charge in [-0.15, -0.1) is 5.10 Å². The molecule has 4 aromatic rings. The van der Waals surface area contributed by atoms with E-state index in [1.807, 2.05) is 0 Å². The highest BCUT2D eigenvalue weighted by Gasteiger charge is 2.21. The van der Waals surface area contributed by atoms with E-state index in [0.717, 1.165) is 0 Å². The average molecular weight is 578 g/mol. The van der Waals surface area contributed by atoms with Gasteiger partial charge >= 0.3 is 12.2 Å². The second-order valence-electron chi connectivity index (χ2n) is 8.80. The molecule has 14 nitrogen and oxygen atoms in total. The molecule has 0 saturated heterocycles. The molecule has 0 spiro atoms. The molecule has 2 aromatic carbocycles. The van der Waals surface area contributed by atoms with Crippen LogP contribution in [0.25, 0.3) is 23.0 Å². The second kappa shape index (κ2) is 12.3. The van der Waals surface area contributed by atoms with Crippen molar-refractivity contribution in [3.05, 3.63) is 71.4 Å². The molecule has 0 saturated carbocycles. The number of nitrogens with one attached hydrogen (secondary N) is 4. The van der Waals surface area contributed by atoms with E-state index in [1.54, 1.807) is 48.7 Å². The lowest BCUT2D eigenvalue weighted by Crippen LogP contribution is -2.28. The van der Waals surface area contributed by atoms with Crippen molar-refractivity contribution in [1.82, 2.24) is 35.5 Å². The average Bonchev–Trinajstić information content (AvgIpc) is 3.66. The van der Waals surface area contributed by atoms with E-state index in [2.05, 4.69) is 46.2 Å². The number of carbonyl (C=O) groups excluding carboxylic acids is 3. The van der Waals surface area contributed by atoms with E-state index < -0.39 is 18.2 Å². The topological polar surface area (TPSA) is 178 Å². The minimum absolute atomic E-state index is 0.106. The summed E-state index contributed by atoms with van der Waals surface area (Å²) >= 11 is 6.17. The number of halogens is 1. The molecule has 41 heavy (non-hydrogen) atoms. The lowest BCUT2D eigenvalue weighted by molar-refractivity contribution is -0.117. The summed E-state index contributed by atoms with van der Waals surface area (Å²) in [5.74, 6) is 0.147. The van der Waals surface area contributed by atoms with Crippen molar-refractivity contribution in [2.45, 2.75) is 18.9 Å². The Kier molecular flexibility index (Phi) is 8.20. The third-order valence-electron chi connectivity index (χ3n) is 6.08. The summed E-state index contributed by atoms with van der Waals surface area (Å²) in [6, 6.07) is 9.54. The third kappa shape index (κ3) is 6.67. The van der Waals surface area contributed by atoms with E-state index in [9.17, 15) is 14.4 Å². The van der Waals surface area contributed by atoms with Gasteiger partial charge in [0.25, 0.3) is 0 Å². The largest absolute Gasteiger partial charge is 0.453 e. The van der Waals surface area contributed by atoms with Crippen molar-refractivity contribution < 1.29 is 23.9 Å². The van der Waals surface area contributed by atoms with Crippen LogP contribution in [0.15, 0.2) is 55.0 Å². The Bertz CT molecular complexity index is 1600. The molecular weight excluding hydrogens is 554 g/mol. The Balaban J connectivity index is 1.38. The van der Waals surface area contributed by atoms with Crippen LogP contribution in [0.2, 0.25) is 5.02 Å². The lowest BCUT2D eigenvalue weighted by atomic mass is 10.1. The van der Waals surface area contributed by atoms with Crippen molar-refractivity contribution >= 4 is 47.1 Å². The first kappa shape index (κ1) is 27.3. The molecule has 5 rings (SSSR count). The molecule has 210 valence electrons. The highest BCUT2D eigenvalue weighted by Crippen LogP contribution is 2.32. The maximum atomic E-state index is 13.0. The number of aromatic amines is 1. The number of amides is 3. The Hall–Kier alpha value is -5.24. The zero-order valence-corrected chi connectivity index (χ0v) is 22.4. The fraction of sp³-hybridized carbons (Fsp3) is 0.192. The Labute approximate surface area is 238 Å². The van der Waals surface area contributed by atoms with Crippen LogP contribution in [0.4, 0.5) is 21.0 Å². The summed E-state index contributed by atoms with van der Waals surface area (Å²) in [5, 5.41) is 19.9. The Morgan fingerprint density at radius 2 is 2.12 bits per heavy atom. The van der Waals surface area contributed by atoms with Crippen LogP contribution in [-0.2, 0) is 14.3 Å². The first-order chi connectivity index (χ1) is 19.9. The smallest absolute Gasteiger partial charge is 0.411 e. The van der Waals surface area contributed by atoms with Gasteiger partial charge < -0.3 is 19.8 Å². The molecular formula is C26H24ClN9O5. The number of cyclic esters (lactones) is 1. The predicted octanol–water partition coefficient (Wildman–Crippen LogP) is 4.10. The molecule has 4 N–H and O–H groups in total. The van der Waals surface area contributed by atoms with Gasteiger partial charge in [-0.05, 0) is 65.7 Å². The summed E-state index contributed by atoms with van der Waals surface area (Å²) < 4.78 is 11.4. The predicted molar refractivity (Wildman–Crippen MR) is 148 cm³/mol. The number of ether oxygens (including phenoxy) is 2. The van der Waals surface area contributed by atoms with Crippen LogP contribution < -0.4 is 16.0 Å². The molecule has 15 heteroatoms. The molecule has 3 heterocycles. The number of nitrogens with zero attached hydrogens (tertiary/aromatic N) is 5. The molecule has 0 aliphatic carbocycles. The minimum atomic E-state index is -0.666. The van der Waals surface area contributed by atoms with Crippen LogP contribution >= 0.6 is 11.6 Å². The van der Waals surface area contributed by atoms with Gasteiger partial charge in [-0.25, -0.2) is 14.6 Å². The number of imidazole rings is 1. The number of carbonyl (C=O) groups is 3. The molecule has 0 radical (unpaired) electrons. The quantitative estimate of drug-likeness (QED) is 0.254. The molecule has 1 unspecified atom stereocenters. The number of methoxy groups -OCH3 is 1. The number of aromatic nitrogens is 6. The van der Waals surface area contributed by atoms with E-state index in [1.165, 1.54) is 24.2 Å². The zero-order chi connectivity index (χ0) is 28.8. The van der Waals surface area contributed by atoms with E-state index in [-0.39, 0.29) is 12.5 Å². The SMILES string of the molecule is COC(=O)Nc1ccc2c(c1)NC(=O)OCCCC(NC(=O)C=Cc1cc(Cl)ccc1-n1cnnn1)c1nc-2c[nH]1. The van der Waals surface area contributed by atoms with Crippen molar-refractivity contribution in [2.75, 3.05) is 24.4 Å². The van der Waals surface area contributed by atoms with E-state index >= 15 is 0 Å². The summed E-state index contributed by atoms with van der Waals surface area (Å²) in [6.45, 7) is 0.106. The van der Waals surface area contributed by atoms with Gasteiger partial charge in [-0.1, -0.05) is 11.6 Å². The number of tetrazole rings is 1. The lowest BCUT2D eigenvalue weighted by Gasteiger charge is -2.17. The standard InChI is InChI=1S/C26H24ClN9O5/c1-40-25(38)30-17-6-7-18-20(12-17)33-26(39)41-10-2-3-19(24-28-13-21(18)32-24)31-23(37)9-4-15-11-16(27)5-8-22(15)36-14-29-34-35-36/h4-9,11-14,19H,2-3,10H2,1H3,(H,28,32)(H,30,38)(H,31,37)(H,33,39). The Morgan fingerprint density at radius 3 is 2.93 bits per heavy atom. The first-order valence-electron chi connectivity index (χ1n) is 12.4. The molecule has 1 aliphatic rings. The third-order valence-corrected chi connectivity index (χ3v) is 6.31. The number of hydrogen-bond acceptors (Lipinski definition) is 9. The van der Waals surface area contributed by atoms with Gasteiger partial charge in [0.05, 0.1) is 36.8 Å². The van der Waals surface area contributed by atoms with Gasteiger partial charge in [0, 0.05) is 34.1 Å². The summed E-state index contributed by atoms with van der Waals surface area (Å²) in [6.07, 6.45) is 5.69. The monoisotopic (exact) mass is 577 g/mol. The van der Waals surface area contributed by atoms with Crippen LogP contribution in [-0.4, -0.2) is 62.0 Å². The first-order valence-corrected chi connectivity index (χ1v) is 12.8. The summed E-state index contributed by atoms with van der Waals surface area (Å²) in [4.78, 5) is 44.9. The highest BCUT2D eigenvalue weighted by molar-refractivity contribution is 6.30. The highest BCUT2D eigenvalue weighted by atomic mass is 35.5. The molecule has 0 fully saturated rings. The fourth-order valence-electron chi connectivity index (χ4n) is 4.17. The molecule has 2 aromatic heterocycles. The zero-order valence-electron chi connectivity index (χ0n) is 21.6. The number of rotatable bonds is 5. The van der Waals surface area contributed by atoms with Crippen LogP contribution in [0.5, 0.6) is 0 Å². The number of benzene rings is 2. The molecule has 3 amide bonds. The minimum Gasteiger partial charge on any atom is -0.453 e.